The van der Waals surface area contributed by atoms with Crippen molar-refractivity contribution >= 4 is 0 Å². The molecule has 0 aromatic heterocycles. The molecule has 2 rings (SSSR count). The Hall–Kier alpha value is -1.06. The van der Waals surface area contributed by atoms with Crippen LogP contribution in [0.5, 0.6) is 5.75 Å². The maximum Gasteiger partial charge on any atom is 0.118 e. The van der Waals surface area contributed by atoms with Gasteiger partial charge in [0.2, 0.25) is 0 Å². The monoisotopic (exact) mass is 276 g/mol. The highest BCUT2D eigenvalue weighted by molar-refractivity contribution is 5.29. The number of rotatable bonds is 6. The summed E-state index contributed by atoms with van der Waals surface area (Å²) in [5, 5.41) is 0. The van der Waals surface area contributed by atoms with Gasteiger partial charge in [0.1, 0.15) is 5.75 Å². The van der Waals surface area contributed by atoms with Gasteiger partial charge in [-0.3, -0.25) is 4.90 Å². The molecule has 1 saturated carbocycles. The summed E-state index contributed by atoms with van der Waals surface area (Å²) in [6, 6.07) is 9.59. The van der Waals surface area contributed by atoms with E-state index < -0.39 is 0 Å². The highest BCUT2D eigenvalue weighted by atomic mass is 16.5. The van der Waals surface area contributed by atoms with E-state index in [-0.39, 0.29) is 0 Å². The third-order valence-corrected chi connectivity index (χ3v) is 4.58. The number of hydrogen-bond donors (Lipinski definition) is 1. The van der Waals surface area contributed by atoms with Gasteiger partial charge in [-0.25, -0.2) is 0 Å². The lowest BCUT2D eigenvalue weighted by Gasteiger charge is -2.37. The molecule has 1 aromatic carbocycles. The molecule has 0 bridgehead atoms. The summed E-state index contributed by atoms with van der Waals surface area (Å²) in [5.41, 5.74) is 7.19. The molecule has 0 spiro atoms. The van der Waals surface area contributed by atoms with Crippen LogP contribution in [-0.4, -0.2) is 31.6 Å². The molecule has 0 aliphatic heterocycles. The first kappa shape index (κ1) is 15.3. The Morgan fingerprint density at radius 1 is 1.20 bits per heavy atom. The molecule has 3 nitrogen and oxygen atoms in total. The molecular formula is C17H28N2O. The molecule has 1 aliphatic rings. The number of methoxy groups -OCH3 is 1. The fourth-order valence-corrected chi connectivity index (χ4v) is 3.33. The zero-order valence-corrected chi connectivity index (χ0v) is 12.8. The second-order valence-electron chi connectivity index (χ2n) is 5.82. The van der Waals surface area contributed by atoms with E-state index in [9.17, 15) is 0 Å². The molecule has 0 heterocycles. The summed E-state index contributed by atoms with van der Waals surface area (Å²) in [6.45, 7) is 0.730. The summed E-state index contributed by atoms with van der Waals surface area (Å²) in [4.78, 5) is 2.55. The van der Waals surface area contributed by atoms with Crippen LogP contribution in [0.4, 0.5) is 0 Å². The predicted molar refractivity (Wildman–Crippen MR) is 84.0 cm³/mol. The van der Waals surface area contributed by atoms with Gasteiger partial charge >= 0.3 is 0 Å². The fourth-order valence-electron chi connectivity index (χ4n) is 3.33. The van der Waals surface area contributed by atoms with Gasteiger partial charge in [-0.05, 0) is 50.6 Å². The van der Waals surface area contributed by atoms with Crippen LogP contribution in [0.3, 0.4) is 0 Å². The molecule has 2 N–H and O–H groups in total. The summed E-state index contributed by atoms with van der Waals surface area (Å²) < 4.78 is 5.25. The van der Waals surface area contributed by atoms with Crippen LogP contribution in [0.15, 0.2) is 24.3 Å². The first-order valence-corrected chi connectivity index (χ1v) is 7.82. The Balaban J connectivity index is 2.11. The summed E-state index contributed by atoms with van der Waals surface area (Å²) in [6.07, 6.45) is 7.80. The quantitative estimate of drug-likeness (QED) is 0.866. The van der Waals surface area contributed by atoms with Crippen LogP contribution in [-0.2, 0) is 0 Å². The van der Waals surface area contributed by atoms with E-state index in [1.54, 1.807) is 7.11 Å². The number of benzene rings is 1. The minimum Gasteiger partial charge on any atom is -0.497 e. The van der Waals surface area contributed by atoms with Crippen LogP contribution in [0.25, 0.3) is 0 Å². The van der Waals surface area contributed by atoms with E-state index in [1.807, 2.05) is 12.1 Å². The molecule has 1 unspecified atom stereocenters. The maximum absolute atomic E-state index is 5.84. The Morgan fingerprint density at radius 3 is 2.40 bits per heavy atom. The van der Waals surface area contributed by atoms with Gasteiger partial charge in [0.25, 0.3) is 0 Å². The lowest BCUT2D eigenvalue weighted by atomic mass is 9.91. The number of nitrogens with two attached hydrogens (primary N) is 1. The Kier molecular flexibility index (Phi) is 5.86. The molecule has 0 radical (unpaired) electrons. The molecule has 1 aliphatic carbocycles. The fraction of sp³-hybridized carbons (Fsp3) is 0.647. The number of nitrogens with zero attached hydrogens (tertiary/aromatic N) is 1. The van der Waals surface area contributed by atoms with Crippen LogP contribution < -0.4 is 10.5 Å². The maximum atomic E-state index is 5.84. The summed E-state index contributed by atoms with van der Waals surface area (Å²) in [5.74, 6) is 0.917. The van der Waals surface area contributed by atoms with Crippen molar-refractivity contribution in [1.29, 1.82) is 0 Å². The van der Waals surface area contributed by atoms with Crippen molar-refractivity contribution in [3.63, 3.8) is 0 Å². The molecule has 0 saturated heterocycles. The van der Waals surface area contributed by atoms with Gasteiger partial charge < -0.3 is 10.5 Å². The van der Waals surface area contributed by atoms with Crippen molar-refractivity contribution in [2.75, 3.05) is 20.7 Å². The van der Waals surface area contributed by atoms with Crippen LogP contribution >= 0.6 is 0 Å². The Morgan fingerprint density at radius 2 is 1.85 bits per heavy atom. The molecule has 3 heteroatoms. The predicted octanol–water partition coefficient (Wildman–Crippen LogP) is 3.35. The minimum atomic E-state index is 0.425. The second kappa shape index (κ2) is 7.65. The minimum absolute atomic E-state index is 0.425. The van der Waals surface area contributed by atoms with Crippen molar-refractivity contribution < 1.29 is 4.74 Å². The standard InChI is InChI=1S/C17H28N2O/c1-19(15-6-4-3-5-7-15)17(12-13-18)14-8-10-16(20-2)11-9-14/h8-11,15,17H,3-7,12-13,18H2,1-2H3. The topological polar surface area (TPSA) is 38.5 Å². The molecule has 0 amide bonds. The molecule has 20 heavy (non-hydrogen) atoms. The lowest BCUT2D eigenvalue weighted by molar-refractivity contribution is 0.132. The molecule has 1 atom stereocenters. The largest absolute Gasteiger partial charge is 0.497 e. The Labute approximate surface area is 123 Å². The van der Waals surface area contributed by atoms with E-state index in [1.165, 1.54) is 37.7 Å². The smallest absolute Gasteiger partial charge is 0.118 e. The second-order valence-corrected chi connectivity index (χ2v) is 5.82. The van der Waals surface area contributed by atoms with E-state index >= 15 is 0 Å². The SMILES string of the molecule is COc1ccc(C(CCN)N(C)C2CCCCC2)cc1. The normalized spacial score (nSPS) is 18.2. The van der Waals surface area contributed by atoms with Crippen molar-refractivity contribution in [2.24, 2.45) is 5.73 Å². The molecule has 112 valence electrons. The van der Waals surface area contributed by atoms with Crippen molar-refractivity contribution in [2.45, 2.75) is 50.6 Å². The van der Waals surface area contributed by atoms with Crippen molar-refractivity contribution in [3.8, 4) is 5.75 Å². The van der Waals surface area contributed by atoms with Crippen molar-refractivity contribution in [3.05, 3.63) is 29.8 Å². The number of ether oxygens (including phenoxy) is 1. The van der Waals surface area contributed by atoms with E-state index in [0.717, 1.165) is 18.7 Å². The lowest BCUT2D eigenvalue weighted by Crippen LogP contribution is -2.37. The van der Waals surface area contributed by atoms with E-state index in [2.05, 4.69) is 24.1 Å². The highest BCUT2D eigenvalue weighted by Gasteiger charge is 2.25. The number of hydrogen-bond acceptors (Lipinski definition) is 3. The van der Waals surface area contributed by atoms with Gasteiger partial charge in [0.05, 0.1) is 7.11 Å². The van der Waals surface area contributed by atoms with Crippen LogP contribution in [0, 0.1) is 0 Å². The van der Waals surface area contributed by atoms with Gasteiger partial charge in [-0.15, -0.1) is 0 Å². The van der Waals surface area contributed by atoms with Crippen LogP contribution in [0.2, 0.25) is 0 Å². The first-order valence-electron chi connectivity index (χ1n) is 7.82. The van der Waals surface area contributed by atoms with Gasteiger partial charge in [0, 0.05) is 12.1 Å². The third-order valence-electron chi connectivity index (χ3n) is 4.58. The van der Waals surface area contributed by atoms with E-state index in [0.29, 0.717) is 12.1 Å². The third kappa shape index (κ3) is 3.74. The average Bonchev–Trinajstić information content (AvgIpc) is 2.53. The molecule has 1 fully saturated rings. The van der Waals surface area contributed by atoms with Crippen LogP contribution in [0.1, 0.15) is 50.1 Å². The molecular weight excluding hydrogens is 248 g/mol. The first-order chi connectivity index (χ1) is 9.76. The van der Waals surface area contributed by atoms with Gasteiger partial charge in [-0.2, -0.15) is 0 Å². The van der Waals surface area contributed by atoms with E-state index in [4.69, 9.17) is 10.5 Å². The average molecular weight is 276 g/mol. The molecule has 1 aromatic rings. The Bertz CT molecular complexity index is 384. The summed E-state index contributed by atoms with van der Waals surface area (Å²) >= 11 is 0. The summed E-state index contributed by atoms with van der Waals surface area (Å²) in [7, 11) is 3.97. The zero-order chi connectivity index (χ0) is 14.4. The van der Waals surface area contributed by atoms with Gasteiger partial charge in [0.15, 0.2) is 0 Å². The zero-order valence-electron chi connectivity index (χ0n) is 12.8. The van der Waals surface area contributed by atoms with Gasteiger partial charge in [-0.1, -0.05) is 31.4 Å². The highest BCUT2D eigenvalue weighted by Crippen LogP contribution is 2.31. The van der Waals surface area contributed by atoms with Crippen molar-refractivity contribution in [1.82, 2.24) is 4.90 Å².